The number of carbonyl (C=O) groups is 1. The Morgan fingerprint density at radius 1 is 1.24 bits per heavy atom. The van der Waals surface area contributed by atoms with Crippen LogP contribution in [0.15, 0.2) is 41.2 Å². The van der Waals surface area contributed by atoms with E-state index in [0.717, 1.165) is 11.1 Å². The third kappa shape index (κ3) is 3.18. The molecule has 0 saturated carbocycles. The average molecular weight is 286 g/mol. The lowest BCUT2D eigenvalue weighted by atomic mass is 10.1. The maximum atomic E-state index is 12.0. The van der Waals surface area contributed by atoms with E-state index < -0.39 is 12.0 Å². The summed E-state index contributed by atoms with van der Waals surface area (Å²) in [5.74, 6) is -0.465. The standard InChI is InChI=1S/C16H18N2O3/c1-4-14(16(20)21-3)18-15(19)10-9-13(17-18)12-7-5-11(2)6-8-12/h5-10,14H,4H2,1-3H3. The molecule has 21 heavy (non-hydrogen) atoms. The minimum Gasteiger partial charge on any atom is -0.467 e. The highest BCUT2D eigenvalue weighted by Crippen LogP contribution is 2.17. The van der Waals surface area contributed by atoms with E-state index in [1.165, 1.54) is 17.9 Å². The van der Waals surface area contributed by atoms with E-state index in [4.69, 9.17) is 4.74 Å². The summed E-state index contributed by atoms with van der Waals surface area (Å²) < 4.78 is 5.93. The van der Waals surface area contributed by atoms with Crippen LogP contribution in [-0.4, -0.2) is 22.9 Å². The van der Waals surface area contributed by atoms with Crippen LogP contribution in [0.1, 0.15) is 24.9 Å². The Balaban J connectivity index is 2.48. The molecule has 0 spiro atoms. The third-order valence-corrected chi connectivity index (χ3v) is 3.33. The number of aryl methyl sites for hydroxylation is 1. The van der Waals surface area contributed by atoms with E-state index in [1.54, 1.807) is 6.07 Å². The summed E-state index contributed by atoms with van der Waals surface area (Å²) in [6.45, 7) is 3.82. The first-order valence-electron chi connectivity index (χ1n) is 6.81. The summed E-state index contributed by atoms with van der Waals surface area (Å²) in [5.41, 5.74) is 2.38. The minimum absolute atomic E-state index is 0.317. The maximum Gasteiger partial charge on any atom is 0.330 e. The Hall–Kier alpha value is -2.43. The van der Waals surface area contributed by atoms with Crippen molar-refractivity contribution >= 4 is 5.97 Å². The molecule has 1 atom stereocenters. The Bertz CT molecular complexity index is 689. The van der Waals surface area contributed by atoms with E-state index in [9.17, 15) is 9.59 Å². The zero-order valence-corrected chi connectivity index (χ0v) is 12.4. The molecular formula is C16H18N2O3. The highest BCUT2D eigenvalue weighted by atomic mass is 16.5. The molecule has 1 aromatic carbocycles. The van der Waals surface area contributed by atoms with Gasteiger partial charge in [-0.15, -0.1) is 0 Å². The molecule has 2 rings (SSSR count). The summed E-state index contributed by atoms with van der Waals surface area (Å²) in [5, 5.41) is 4.32. The zero-order valence-electron chi connectivity index (χ0n) is 12.4. The molecule has 0 N–H and O–H groups in total. The van der Waals surface area contributed by atoms with Gasteiger partial charge in [-0.05, 0) is 19.4 Å². The van der Waals surface area contributed by atoms with Gasteiger partial charge < -0.3 is 4.74 Å². The number of hydrogen-bond donors (Lipinski definition) is 0. The average Bonchev–Trinajstić information content (AvgIpc) is 2.50. The molecular weight excluding hydrogens is 268 g/mol. The quantitative estimate of drug-likeness (QED) is 0.809. The summed E-state index contributed by atoms with van der Waals surface area (Å²) in [4.78, 5) is 23.7. The third-order valence-electron chi connectivity index (χ3n) is 3.33. The Labute approximate surface area is 123 Å². The number of ether oxygens (including phenoxy) is 1. The SMILES string of the molecule is CCC(C(=O)OC)n1nc(-c2ccc(C)cc2)ccc1=O. The van der Waals surface area contributed by atoms with Crippen LogP contribution in [0.3, 0.4) is 0 Å². The molecule has 0 radical (unpaired) electrons. The fraction of sp³-hybridized carbons (Fsp3) is 0.312. The van der Waals surface area contributed by atoms with Crippen molar-refractivity contribution in [1.82, 2.24) is 9.78 Å². The highest BCUT2D eigenvalue weighted by Gasteiger charge is 2.21. The number of benzene rings is 1. The zero-order chi connectivity index (χ0) is 15.4. The van der Waals surface area contributed by atoms with Gasteiger partial charge in [0.1, 0.15) is 0 Å². The smallest absolute Gasteiger partial charge is 0.330 e. The van der Waals surface area contributed by atoms with E-state index in [0.29, 0.717) is 12.1 Å². The molecule has 0 saturated heterocycles. The van der Waals surface area contributed by atoms with Crippen LogP contribution in [0, 0.1) is 6.92 Å². The highest BCUT2D eigenvalue weighted by molar-refractivity contribution is 5.74. The Kier molecular flexibility index (Phi) is 4.52. The van der Waals surface area contributed by atoms with Gasteiger partial charge in [-0.25, -0.2) is 9.48 Å². The van der Waals surface area contributed by atoms with Crippen molar-refractivity contribution in [3.8, 4) is 11.3 Å². The van der Waals surface area contributed by atoms with E-state index in [2.05, 4.69) is 5.10 Å². The fourth-order valence-electron chi connectivity index (χ4n) is 2.10. The van der Waals surface area contributed by atoms with Gasteiger partial charge in [0, 0.05) is 11.6 Å². The lowest BCUT2D eigenvalue weighted by Crippen LogP contribution is -2.32. The maximum absolute atomic E-state index is 12.0. The van der Waals surface area contributed by atoms with Crippen molar-refractivity contribution in [2.45, 2.75) is 26.3 Å². The molecule has 0 bridgehead atoms. The van der Waals surface area contributed by atoms with Gasteiger partial charge in [0.2, 0.25) is 0 Å². The first kappa shape index (κ1) is 15.0. The molecule has 1 unspecified atom stereocenters. The van der Waals surface area contributed by atoms with Crippen molar-refractivity contribution in [1.29, 1.82) is 0 Å². The van der Waals surface area contributed by atoms with E-state index >= 15 is 0 Å². The first-order valence-corrected chi connectivity index (χ1v) is 6.81. The van der Waals surface area contributed by atoms with E-state index in [-0.39, 0.29) is 5.56 Å². The van der Waals surface area contributed by atoms with Crippen molar-refractivity contribution in [3.05, 3.63) is 52.3 Å². The topological polar surface area (TPSA) is 61.2 Å². The number of esters is 1. The molecule has 5 nitrogen and oxygen atoms in total. The molecule has 1 heterocycles. The normalized spacial score (nSPS) is 12.0. The second kappa shape index (κ2) is 6.35. The van der Waals surface area contributed by atoms with Gasteiger partial charge >= 0.3 is 5.97 Å². The summed E-state index contributed by atoms with van der Waals surface area (Å²) in [7, 11) is 1.31. The fourth-order valence-corrected chi connectivity index (χ4v) is 2.10. The van der Waals surface area contributed by atoms with Crippen molar-refractivity contribution in [2.75, 3.05) is 7.11 Å². The van der Waals surface area contributed by atoms with Crippen LogP contribution in [0.2, 0.25) is 0 Å². The molecule has 1 aromatic heterocycles. The van der Waals surface area contributed by atoms with Crippen molar-refractivity contribution < 1.29 is 9.53 Å². The lowest BCUT2D eigenvalue weighted by molar-refractivity contribution is -0.145. The minimum atomic E-state index is -0.701. The monoisotopic (exact) mass is 286 g/mol. The lowest BCUT2D eigenvalue weighted by Gasteiger charge is -2.15. The van der Waals surface area contributed by atoms with Gasteiger partial charge in [-0.3, -0.25) is 4.79 Å². The first-order chi connectivity index (χ1) is 10.1. The van der Waals surface area contributed by atoms with Crippen molar-refractivity contribution in [2.24, 2.45) is 0 Å². The summed E-state index contributed by atoms with van der Waals surface area (Å²) >= 11 is 0. The molecule has 110 valence electrons. The molecule has 0 fully saturated rings. The second-order valence-corrected chi connectivity index (χ2v) is 4.81. The number of hydrogen-bond acceptors (Lipinski definition) is 4. The van der Waals surface area contributed by atoms with Crippen LogP contribution >= 0.6 is 0 Å². The van der Waals surface area contributed by atoms with Crippen molar-refractivity contribution in [3.63, 3.8) is 0 Å². The van der Waals surface area contributed by atoms with Crippen LogP contribution in [0.5, 0.6) is 0 Å². The Morgan fingerprint density at radius 2 is 1.90 bits per heavy atom. The van der Waals surface area contributed by atoms with E-state index in [1.807, 2.05) is 38.1 Å². The number of methoxy groups -OCH3 is 1. The van der Waals surface area contributed by atoms with Crippen LogP contribution in [0.4, 0.5) is 0 Å². The molecule has 0 aliphatic carbocycles. The van der Waals surface area contributed by atoms with Crippen LogP contribution in [-0.2, 0) is 9.53 Å². The Morgan fingerprint density at radius 3 is 2.48 bits per heavy atom. The van der Waals surface area contributed by atoms with Gasteiger partial charge in [0.15, 0.2) is 6.04 Å². The predicted molar refractivity (Wildman–Crippen MR) is 80.0 cm³/mol. The molecule has 5 heteroatoms. The number of carbonyl (C=O) groups excluding carboxylic acids is 1. The van der Waals surface area contributed by atoms with Crippen LogP contribution < -0.4 is 5.56 Å². The number of aromatic nitrogens is 2. The van der Waals surface area contributed by atoms with Gasteiger partial charge in [-0.2, -0.15) is 5.10 Å². The van der Waals surface area contributed by atoms with Crippen LogP contribution in [0.25, 0.3) is 11.3 Å². The largest absolute Gasteiger partial charge is 0.467 e. The molecule has 2 aromatic rings. The van der Waals surface area contributed by atoms with Gasteiger partial charge in [0.25, 0.3) is 5.56 Å². The van der Waals surface area contributed by atoms with Gasteiger partial charge in [-0.1, -0.05) is 36.8 Å². The molecule has 0 amide bonds. The number of rotatable bonds is 4. The molecule has 0 aliphatic rings. The molecule has 0 aliphatic heterocycles. The number of nitrogens with zero attached hydrogens (tertiary/aromatic N) is 2. The summed E-state index contributed by atoms with van der Waals surface area (Å²) in [6.07, 6.45) is 0.441. The van der Waals surface area contributed by atoms with Gasteiger partial charge in [0.05, 0.1) is 12.8 Å². The second-order valence-electron chi connectivity index (χ2n) is 4.81. The summed E-state index contributed by atoms with van der Waals surface area (Å²) in [6, 6.07) is 10.2. The predicted octanol–water partition coefficient (Wildman–Crippen LogP) is 2.34.